The van der Waals surface area contributed by atoms with Crippen molar-refractivity contribution >= 4 is 23.6 Å². The number of likely N-dealkylation sites (N-methyl/N-ethyl adjacent to an activating group) is 1. The number of aromatic hydroxyl groups is 1. The maximum Gasteiger partial charge on any atom is 0.338 e. The molecule has 0 bridgehead atoms. The third-order valence-electron chi connectivity index (χ3n) is 7.67. The molecule has 1 fully saturated rings. The highest BCUT2D eigenvalue weighted by Gasteiger charge is 2.41. The molecule has 0 radical (unpaired) electrons. The number of esters is 1. The van der Waals surface area contributed by atoms with Gasteiger partial charge in [-0.15, -0.1) is 0 Å². The summed E-state index contributed by atoms with van der Waals surface area (Å²) < 4.78 is 19.2. The Bertz CT molecular complexity index is 1380. The molecule has 2 unspecified atom stereocenters. The third-order valence-corrected chi connectivity index (χ3v) is 7.67. The van der Waals surface area contributed by atoms with Gasteiger partial charge in [0.25, 0.3) is 0 Å². The van der Waals surface area contributed by atoms with Crippen molar-refractivity contribution in [3.05, 3.63) is 95.3 Å². The Hall–Kier alpha value is -4.44. The first-order valence-electron chi connectivity index (χ1n) is 14.1. The minimum atomic E-state index is -0.962. The number of benzene rings is 3. The van der Waals surface area contributed by atoms with Gasteiger partial charge < -0.3 is 30.3 Å². The second-order valence-electron chi connectivity index (χ2n) is 11.0. The summed E-state index contributed by atoms with van der Waals surface area (Å²) in [6.07, 6.45) is 1.65. The van der Waals surface area contributed by atoms with E-state index in [1.165, 1.54) is 24.3 Å². The number of piperidine rings is 1. The van der Waals surface area contributed by atoms with Gasteiger partial charge in [-0.05, 0) is 73.9 Å². The van der Waals surface area contributed by atoms with Gasteiger partial charge in [0.05, 0.1) is 38.3 Å². The van der Waals surface area contributed by atoms with Crippen molar-refractivity contribution in [1.29, 1.82) is 0 Å². The summed E-state index contributed by atoms with van der Waals surface area (Å²) in [4.78, 5) is 40.5. The first kappa shape index (κ1) is 30.5. The number of likely N-dealkylation sites (tertiary alicyclic amines) is 1. The molecule has 0 saturated carbocycles. The van der Waals surface area contributed by atoms with Crippen LogP contribution in [-0.2, 0) is 22.5 Å². The number of nitrogens with one attached hydrogen (secondary N) is 1. The Balaban J connectivity index is 1.62. The minimum absolute atomic E-state index is 0.0939. The van der Waals surface area contributed by atoms with E-state index >= 15 is 0 Å². The van der Waals surface area contributed by atoms with Crippen molar-refractivity contribution < 1.29 is 33.1 Å². The fourth-order valence-electron chi connectivity index (χ4n) is 5.65. The molecule has 4 N–H and O–H groups in total. The van der Waals surface area contributed by atoms with Crippen LogP contribution in [0.1, 0.15) is 41.3 Å². The smallest absolute Gasteiger partial charge is 0.338 e. The van der Waals surface area contributed by atoms with Crippen LogP contribution >= 0.6 is 0 Å². The number of carbonyl (C=O) groups excluding carboxylic acids is 3. The quantitative estimate of drug-likeness (QED) is 0.243. The number of phenols is 1. The van der Waals surface area contributed by atoms with E-state index in [0.29, 0.717) is 35.2 Å². The van der Waals surface area contributed by atoms with Gasteiger partial charge in [0.1, 0.15) is 24.2 Å². The number of primary amides is 1. The standard InChI is InChI=1S/C32H37FN4O5/c1-3-42-31(40)24-10-14-26(15-11-24)35-32(41)36(29(30(34)39)19-22-8-16-28(38)17-9-22)27-5-4-18-37(2,21-27)20-23-6-12-25(33)13-7-23/h6-17,27,29H,3-5,18-21H2,1-2H3,(H3-,34,35,38,39,40,41)/p+1/t27?,29-,37?/m0/s1. The Morgan fingerprint density at radius 3 is 2.31 bits per heavy atom. The van der Waals surface area contributed by atoms with Crippen molar-refractivity contribution in [3.63, 3.8) is 0 Å². The van der Waals surface area contributed by atoms with Crippen molar-refractivity contribution in [2.24, 2.45) is 5.73 Å². The SMILES string of the molecule is CCOC(=O)c1ccc(NC(=O)N(C2CCC[N+](C)(Cc3ccc(F)cc3)C2)[C@@H](Cc2ccc(O)cc2)C(N)=O)cc1. The fourth-order valence-corrected chi connectivity index (χ4v) is 5.65. The van der Waals surface area contributed by atoms with Crippen LogP contribution in [0.15, 0.2) is 72.8 Å². The second kappa shape index (κ2) is 13.5. The highest BCUT2D eigenvalue weighted by molar-refractivity contribution is 5.95. The van der Waals surface area contributed by atoms with Crippen LogP contribution in [-0.4, -0.2) is 71.2 Å². The van der Waals surface area contributed by atoms with Crippen LogP contribution in [0.25, 0.3) is 0 Å². The lowest BCUT2D eigenvalue weighted by Crippen LogP contribution is -2.62. The molecule has 222 valence electrons. The van der Waals surface area contributed by atoms with E-state index in [1.54, 1.807) is 60.4 Å². The Labute approximate surface area is 245 Å². The predicted molar refractivity (Wildman–Crippen MR) is 157 cm³/mol. The number of carbonyl (C=O) groups is 3. The van der Waals surface area contributed by atoms with E-state index in [0.717, 1.165) is 24.1 Å². The zero-order valence-corrected chi connectivity index (χ0v) is 24.0. The monoisotopic (exact) mass is 577 g/mol. The molecule has 1 saturated heterocycles. The number of rotatable bonds is 10. The molecule has 0 aromatic heterocycles. The number of anilines is 1. The van der Waals surface area contributed by atoms with Crippen molar-refractivity contribution in [2.75, 3.05) is 32.1 Å². The van der Waals surface area contributed by atoms with Crippen molar-refractivity contribution in [1.82, 2.24) is 4.90 Å². The van der Waals surface area contributed by atoms with Crippen LogP contribution in [0.3, 0.4) is 0 Å². The second-order valence-corrected chi connectivity index (χ2v) is 11.0. The van der Waals surface area contributed by atoms with E-state index in [2.05, 4.69) is 12.4 Å². The number of quaternary nitrogens is 1. The zero-order valence-electron chi connectivity index (χ0n) is 24.0. The molecule has 10 heteroatoms. The van der Waals surface area contributed by atoms with Crippen LogP contribution < -0.4 is 11.1 Å². The van der Waals surface area contributed by atoms with E-state index in [1.807, 2.05) is 0 Å². The molecule has 9 nitrogen and oxygen atoms in total. The number of amides is 3. The lowest BCUT2D eigenvalue weighted by molar-refractivity contribution is -0.928. The van der Waals surface area contributed by atoms with Crippen molar-refractivity contribution in [3.8, 4) is 5.75 Å². The third kappa shape index (κ3) is 7.85. The van der Waals surface area contributed by atoms with Crippen molar-refractivity contribution in [2.45, 2.75) is 44.8 Å². The number of halogens is 1. The highest BCUT2D eigenvalue weighted by atomic mass is 19.1. The van der Waals surface area contributed by atoms with Crippen LogP contribution in [0.2, 0.25) is 0 Å². The number of hydrogen-bond donors (Lipinski definition) is 3. The first-order valence-corrected chi connectivity index (χ1v) is 14.1. The molecule has 1 heterocycles. The Kier molecular flexibility index (Phi) is 9.80. The first-order chi connectivity index (χ1) is 20.1. The largest absolute Gasteiger partial charge is 0.508 e. The van der Waals surface area contributed by atoms with Gasteiger partial charge in [0.15, 0.2) is 0 Å². The molecule has 1 aliphatic heterocycles. The molecule has 3 amide bonds. The summed E-state index contributed by atoms with van der Waals surface area (Å²) in [5, 5.41) is 12.6. The molecular weight excluding hydrogens is 539 g/mol. The lowest BCUT2D eigenvalue weighted by atomic mass is 9.96. The number of nitrogens with two attached hydrogens (primary N) is 1. The molecule has 3 aromatic rings. The fraction of sp³-hybridized carbons (Fsp3) is 0.344. The number of urea groups is 1. The number of nitrogens with zero attached hydrogens (tertiary/aromatic N) is 2. The average Bonchev–Trinajstić information content (AvgIpc) is 2.95. The van der Waals surface area contributed by atoms with Gasteiger partial charge in [-0.3, -0.25) is 4.79 Å². The lowest BCUT2D eigenvalue weighted by Gasteiger charge is -2.46. The van der Waals surface area contributed by atoms with Gasteiger partial charge in [-0.1, -0.05) is 24.3 Å². The summed E-state index contributed by atoms with van der Waals surface area (Å²) >= 11 is 0. The number of hydrogen-bond acceptors (Lipinski definition) is 5. The molecule has 42 heavy (non-hydrogen) atoms. The van der Waals surface area contributed by atoms with Gasteiger partial charge >= 0.3 is 12.0 Å². The number of phenolic OH excluding ortho intramolecular Hbond substituents is 1. The number of ether oxygens (including phenoxy) is 1. The molecular formula is C32H38FN4O5+. The molecule has 4 rings (SSSR count). The van der Waals surface area contributed by atoms with E-state index in [-0.39, 0.29) is 30.6 Å². The Morgan fingerprint density at radius 1 is 1.05 bits per heavy atom. The maximum atomic E-state index is 14.0. The zero-order chi connectivity index (χ0) is 30.3. The molecule has 3 atom stereocenters. The van der Waals surface area contributed by atoms with Crippen LogP contribution in [0.4, 0.5) is 14.9 Å². The minimum Gasteiger partial charge on any atom is -0.508 e. The van der Waals surface area contributed by atoms with E-state index < -0.39 is 23.9 Å². The molecule has 1 aliphatic rings. The molecule has 0 aliphatic carbocycles. The average molecular weight is 578 g/mol. The van der Waals surface area contributed by atoms with Gasteiger partial charge in [0, 0.05) is 17.7 Å². The van der Waals surface area contributed by atoms with Gasteiger partial charge in [-0.2, -0.15) is 0 Å². The topological polar surface area (TPSA) is 122 Å². The molecule has 3 aromatic carbocycles. The van der Waals surface area contributed by atoms with Gasteiger partial charge in [0.2, 0.25) is 5.91 Å². The Morgan fingerprint density at radius 2 is 1.69 bits per heavy atom. The summed E-state index contributed by atoms with van der Waals surface area (Å²) in [6, 6.07) is 17.5. The van der Waals surface area contributed by atoms with Crippen LogP contribution in [0, 0.1) is 5.82 Å². The summed E-state index contributed by atoms with van der Waals surface area (Å²) in [5.74, 6) is -1.31. The maximum absolute atomic E-state index is 14.0. The van der Waals surface area contributed by atoms with Crippen LogP contribution in [0.5, 0.6) is 5.75 Å². The summed E-state index contributed by atoms with van der Waals surface area (Å²) in [6.45, 7) is 4.04. The highest BCUT2D eigenvalue weighted by Crippen LogP contribution is 2.27. The summed E-state index contributed by atoms with van der Waals surface area (Å²) in [5.41, 5.74) is 8.47. The van der Waals surface area contributed by atoms with Gasteiger partial charge in [-0.25, -0.2) is 14.0 Å². The predicted octanol–water partition coefficient (Wildman–Crippen LogP) is 4.45. The van der Waals surface area contributed by atoms with E-state index in [4.69, 9.17) is 10.5 Å². The summed E-state index contributed by atoms with van der Waals surface area (Å²) in [7, 11) is 2.10. The normalized spacial score (nSPS) is 19.0. The molecule has 0 spiro atoms. The van der Waals surface area contributed by atoms with E-state index in [9.17, 15) is 23.9 Å².